The van der Waals surface area contributed by atoms with E-state index in [1.165, 1.54) is 51.2 Å². The second-order valence-electron chi connectivity index (χ2n) is 11.0. The van der Waals surface area contributed by atoms with Gasteiger partial charge in [0.2, 0.25) is 15.9 Å². The van der Waals surface area contributed by atoms with Crippen molar-refractivity contribution in [2.75, 3.05) is 29.5 Å². The molecule has 0 radical (unpaired) electrons. The van der Waals surface area contributed by atoms with Gasteiger partial charge in [-0.3, -0.25) is 9.10 Å². The number of hydrogen-bond donors (Lipinski definition) is 1. The summed E-state index contributed by atoms with van der Waals surface area (Å²) in [5.74, 6) is 1.49. The van der Waals surface area contributed by atoms with Crippen LogP contribution in [0.15, 0.2) is 42.5 Å². The number of esters is 1. The van der Waals surface area contributed by atoms with E-state index in [1.807, 2.05) is 12.1 Å². The molecule has 0 saturated heterocycles. The van der Waals surface area contributed by atoms with Gasteiger partial charge in [-0.1, -0.05) is 18.2 Å². The van der Waals surface area contributed by atoms with Crippen molar-refractivity contribution in [3.63, 3.8) is 0 Å². The van der Waals surface area contributed by atoms with E-state index < -0.39 is 21.9 Å². The number of methoxy groups -OCH3 is 1. The van der Waals surface area contributed by atoms with Crippen LogP contribution in [0.2, 0.25) is 0 Å². The number of sulfonamides is 1. The molecule has 4 fully saturated rings. The first kappa shape index (κ1) is 24.8. The lowest BCUT2D eigenvalue weighted by Gasteiger charge is -2.57. The molecule has 2 aromatic carbocycles. The molecule has 4 aliphatic carbocycles. The molecule has 6 rings (SSSR count). The molecule has 192 valence electrons. The Kier molecular flexibility index (Phi) is 6.35. The maximum absolute atomic E-state index is 12.9. The van der Waals surface area contributed by atoms with Crippen molar-refractivity contribution in [2.45, 2.75) is 50.9 Å². The fourth-order valence-corrected chi connectivity index (χ4v) is 8.12. The average Bonchev–Trinajstić information content (AvgIpc) is 2.82. The number of anilines is 2. The van der Waals surface area contributed by atoms with Crippen LogP contribution in [0.5, 0.6) is 0 Å². The smallest absolute Gasteiger partial charge is 0.338 e. The minimum absolute atomic E-state index is 0.225. The summed E-state index contributed by atoms with van der Waals surface area (Å²) in [6, 6.07) is 12.8. The zero-order valence-corrected chi connectivity index (χ0v) is 21.9. The van der Waals surface area contributed by atoms with Gasteiger partial charge in [0.1, 0.15) is 6.54 Å². The van der Waals surface area contributed by atoms with Crippen molar-refractivity contribution in [3.8, 4) is 0 Å². The summed E-state index contributed by atoms with van der Waals surface area (Å²) in [5, 5.41) is 2.75. The zero-order valence-electron chi connectivity index (χ0n) is 21.1. The van der Waals surface area contributed by atoms with Gasteiger partial charge in [0, 0.05) is 5.69 Å². The maximum atomic E-state index is 12.9. The van der Waals surface area contributed by atoms with E-state index in [-0.39, 0.29) is 12.0 Å². The highest BCUT2D eigenvalue weighted by atomic mass is 32.2. The summed E-state index contributed by atoms with van der Waals surface area (Å²) < 4.78 is 31.2. The average molecular weight is 511 g/mol. The zero-order chi connectivity index (χ0) is 25.7. The van der Waals surface area contributed by atoms with Crippen molar-refractivity contribution >= 4 is 33.3 Å². The van der Waals surface area contributed by atoms with Gasteiger partial charge in [0.05, 0.1) is 24.6 Å². The summed E-state index contributed by atoms with van der Waals surface area (Å²) in [4.78, 5) is 24.9. The standard InChI is InChI=1S/C28H34N2O5S/c1-18-24(27(32)35-2)5-4-6-25(18)29-26(31)17-30(36(3,33)34)23-9-7-22(8-10-23)28-14-19-11-20(15-28)13-21(12-19)16-28/h4-10,19-21H,11-17H2,1-3H3,(H,29,31). The van der Waals surface area contributed by atoms with E-state index in [9.17, 15) is 18.0 Å². The van der Waals surface area contributed by atoms with Gasteiger partial charge in [-0.25, -0.2) is 13.2 Å². The molecule has 8 heteroatoms. The van der Waals surface area contributed by atoms with Crippen LogP contribution in [0, 0.1) is 24.7 Å². The molecule has 0 heterocycles. The van der Waals surface area contributed by atoms with Gasteiger partial charge < -0.3 is 10.1 Å². The monoisotopic (exact) mass is 510 g/mol. The van der Waals surface area contributed by atoms with Crippen molar-refractivity contribution in [2.24, 2.45) is 17.8 Å². The Balaban J connectivity index is 1.34. The molecule has 0 unspecified atom stereocenters. The molecule has 4 aliphatic rings. The van der Waals surface area contributed by atoms with Crippen molar-refractivity contribution < 1.29 is 22.7 Å². The van der Waals surface area contributed by atoms with Crippen molar-refractivity contribution in [1.29, 1.82) is 0 Å². The molecule has 4 saturated carbocycles. The Hall–Kier alpha value is -2.87. The van der Waals surface area contributed by atoms with E-state index >= 15 is 0 Å². The minimum Gasteiger partial charge on any atom is -0.465 e. The molecule has 0 atom stereocenters. The lowest BCUT2D eigenvalue weighted by atomic mass is 9.48. The molecule has 1 amide bonds. The van der Waals surface area contributed by atoms with Crippen LogP contribution < -0.4 is 9.62 Å². The van der Waals surface area contributed by atoms with E-state index in [4.69, 9.17) is 4.74 Å². The SMILES string of the molecule is COC(=O)c1cccc(NC(=O)CN(c2ccc(C34CC5CC(CC(C5)C3)C4)cc2)S(C)(=O)=O)c1C. The summed E-state index contributed by atoms with van der Waals surface area (Å²) in [6.07, 6.45) is 8.93. The third kappa shape index (κ3) is 4.63. The maximum Gasteiger partial charge on any atom is 0.338 e. The van der Waals surface area contributed by atoms with Crippen LogP contribution in [0.25, 0.3) is 0 Å². The first-order chi connectivity index (χ1) is 17.1. The highest BCUT2D eigenvalue weighted by Gasteiger charge is 2.51. The van der Waals surface area contributed by atoms with Crippen LogP contribution in [0.4, 0.5) is 11.4 Å². The Morgan fingerprint density at radius 3 is 2.11 bits per heavy atom. The Bertz CT molecular complexity index is 1250. The van der Waals surface area contributed by atoms with Gasteiger partial charge in [-0.15, -0.1) is 0 Å². The third-order valence-electron chi connectivity index (χ3n) is 8.51. The van der Waals surface area contributed by atoms with E-state index in [2.05, 4.69) is 17.4 Å². The molecule has 7 nitrogen and oxygen atoms in total. The van der Waals surface area contributed by atoms with Gasteiger partial charge in [0.25, 0.3) is 0 Å². The van der Waals surface area contributed by atoms with E-state index in [0.29, 0.717) is 22.5 Å². The first-order valence-corrected chi connectivity index (χ1v) is 14.5. The summed E-state index contributed by atoms with van der Waals surface area (Å²) in [6.45, 7) is 1.34. The number of ether oxygens (including phenoxy) is 1. The Morgan fingerprint density at radius 1 is 1.00 bits per heavy atom. The predicted octanol–water partition coefficient (Wildman–Crippen LogP) is 4.65. The number of benzene rings is 2. The summed E-state index contributed by atoms with van der Waals surface area (Å²) in [5.41, 5.74) is 3.34. The number of rotatable bonds is 7. The fourth-order valence-electron chi connectivity index (χ4n) is 7.27. The topological polar surface area (TPSA) is 92.8 Å². The van der Waals surface area contributed by atoms with Crippen LogP contribution in [0.3, 0.4) is 0 Å². The van der Waals surface area contributed by atoms with Crippen LogP contribution >= 0.6 is 0 Å². The lowest BCUT2D eigenvalue weighted by Crippen LogP contribution is -2.48. The second kappa shape index (κ2) is 9.21. The van der Waals surface area contributed by atoms with Gasteiger partial charge in [-0.2, -0.15) is 0 Å². The van der Waals surface area contributed by atoms with Crippen LogP contribution in [0.1, 0.15) is 60.0 Å². The number of hydrogen-bond acceptors (Lipinski definition) is 5. The molecule has 2 aromatic rings. The van der Waals surface area contributed by atoms with Gasteiger partial charge in [0.15, 0.2) is 0 Å². The quantitative estimate of drug-likeness (QED) is 0.547. The highest BCUT2D eigenvalue weighted by molar-refractivity contribution is 7.92. The molecule has 1 N–H and O–H groups in total. The molecular weight excluding hydrogens is 476 g/mol. The minimum atomic E-state index is -3.70. The number of nitrogens with one attached hydrogen (secondary N) is 1. The molecular formula is C28H34N2O5S. The molecule has 0 spiro atoms. The molecule has 4 bridgehead atoms. The normalized spacial score (nSPS) is 26.5. The lowest BCUT2D eigenvalue weighted by molar-refractivity contribution is -0.114. The second-order valence-corrected chi connectivity index (χ2v) is 12.9. The Labute approximate surface area is 213 Å². The molecule has 0 aromatic heterocycles. The predicted molar refractivity (Wildman–Crippen MR) is 140 cm³/mol. The number of amides is 1. The largest absolute Gasteiger partial charge is 0.465 e. The Morgan fingerprint density at radius 2 is 1.58 bits per heavy atom. The highest BCUT2D eigenvalue weighted by Crippen LogP contribution is 2.60. The number of carbonyl (C=O) groups excluding carboxylic acids is 2. The van der Waals surface area contributed by atoms with Gasteiger partial charge in [-0.05, 0) is 104 Å². The molecule has 36 heavy (non-hydrogen) atoms. The summed E-state index contributed by atoms with van der Waals surface area (Å²) in [7, 11) is -2.40. The number of carbonyl (C=O) groups is 2. The fraction of sp³-hybridized carbons (Fsp3) is 0.500. The van der Waals surface area contributed by atoms with E-state index in [1.54, 1.807) is 25.1 Å². The van der Waals surface area contributed by atoms with Gasteiger partial charge >= 0.3 is 5.97 Å². The van der Waals surface area contributed by atoms with Crippen molar-refractivity contribution in [1.82, 2.24) is 0 Å². The summed E-state index contributed by atoms with van der Waals surface area (Å²) >= 11 is 0. The molecule has 0 aliphatic heterocycles. The van der Waals surface area contributed by atoms with Crippen LogP contribution in [-0.4, -0.2) is 40.2 Å². The van der Waals surface area contributed by atoms with E-state index in [0.717, 1.165) is 28.3 Å². The van der Waals surface area contributed by atoms with Crippen LogP contribution in [-0.2, 0) is 25.0 Å². The first-order valence-electron chi connectivity index (χ1n) is 12.6. The third-order valence-corrected chi connectivity index (χ3v) is 9.65. The van der Waals surface area contributed by atoms with Crippen molar-refractivity contribution in [3.05, 3.63) is 59.2 Å². The number of nitrogens with zero attached hydrogens (tertiary/aromatic N) is 1.